The molecule has 0 fully saturated rings. The predicted molar refractivity (Wildman–Crippen MR) is 81.9 cm³/mol. The van der Waals surface area contributed by atoms with Gasteiger partial charge in [0.1, 0.15) is 0 Å². The first-order chi connectivity index (χ1) is 9.13. The van der Waals surface area contributed by atoms with Crippen molar-refractivity contribution in [2.24, 2.45) is 0 Å². The zero-order valence-corrected chi connectivity index (χ0v) is 13.1. The number of ether oxygens (including phenoxy) is 1. The molecule has 0 aliphatic heterocycles. The van der Waals surface area contributed by atoms with Gasteiger partial charge in [0.15, 0.2) is 0 Å². The lowest BCUT2D eigenvalue weighted by atomic mass is 10.1. The lowest BCUT2D eigenvalue weighted by Gasteiger charge is -2.11. The molecule has 1 N–H and O–H groups in total. The summed E-state index contributed by atoms with van der Waals surface area (Å²) >= 11 is 5.19. The molecule has 19 heavy (non-hydrogen) atoms. The Morgan fingerprint density at radius 3 is 2.84 bits per heavy atom. The molecule has 3 nitrogen and oxygen atoms in total. The SMILES string of the molecule is COC(=O)c1cccc(NCc2sccc2Br)c1C. The van der Waals surface area contributed by atoms with Gasteiger partial charge in [-0.15, -0.1) is 11.3 Å². The highest BCUT2D eigenvalue weighted by molar-refractivity contribution is 9.10. The molecular weight excluding hydrogens is 326 g/mol. The second-order valence-electron chi connectivity index (χ2n) is 4.01. The minimum Gasteiger partial charge on any atom is -0.465 e. The number of hydrogen-bond acceptors (Lipinski definition) is 4. The van der Waals surface area contributed by atoms with Crippen LogP contribution in [0.1, 0.15) is 20.8 Å². The average molecular weight is 340 g/mol. The Morgan fingerprint density at radius 2 is 2.21 bits per heavy atom. The maximum absolute atomic E-state index is 11.6. The fourth-order valence-electron chi connectivity index (χ4n) is 1.78. The van der Waals surface area contributed by atoms with Gasteiger partial charge < -0.3 is 10.1 Å². The summed E-state index contributed by atoms with van der Waals surface area (Å²) in [4.78, 5) is 12.8. The summed E-state index contributed by atoms with van der Waals surface area (Å²) in [6, 6.07) is 7.61. The number of nitrogens with one attached hydrogen (secondary N) is 1. The van der Waals surface area contributed by atoms with E-state index in [1.54, 1.807) is 17.4 Å². The van der Waals surface area contributed by atoms with E-state index in [1.807, 2.05) is 30.5 Å². The number of benzene rings is 1. The molecule has 100 valence electrons. The van der Waals surface area contributed by atoms with Crippen molar-refractivity contribution in [3.8, 4) is 0 Å². The van der Waals surface area contributed by atoms with Crippen LogP contribution < -0.4 is 5.32 Å². The highest BCUT2D eigenvalue weighted by Gasteiger charge is 2.11. The Hall–Kier alpha value is -1.33. The zero-order chi connectivity index (χ0) is 13.8. The van der Waals surface area contributed by atoms with Crippen molar-refractivity contribution in [3.05, 3.63) is 50.1 Å². The van der Waals surface area contributed by atoms with E-state index >= 15 is 0 Å². The van der Waals surface area contributed by atoms with Gasteiger partial charge in [0.2, 0.25) is 0 Å². The number of esters is 1. The van der Waals surface area contributed by atoms with Crippen LogP contribution in [0.3, 0.4) is 0 Å². The van der Waals surface area contributed by atoms with Gasteiger partial charge in [-0.05, 0) is 52.0 Å². The van der Waals surface area contributed by atoms with Crippen molar-refractivity contribution in [2.45, 2.75) is 13.5 Å². The molecule has 1 heterocycles. The molecule has 0 amide bonds. The van der Waals surface area contributed by atoms with Crippen molar-refractivity contribution in [3.63, 3.8) is 0 Å². The standard InChI is InChI=1S/C14H14BrNO2S/c1-9-10(14(17)18-2)4-3-5-12(9)16-8-13-11(15)6-7-19-13/h3-7,16H,8H2,1-2H3. The minimum absolute atomic E-state index is 0.307. The maximum Gasteiger partial charge on any atom is 0.338 e. The van der Waals surface area contributed by atoms with Crippen LogP contribution in [0.25, 0.3) is 0 Å². The molecule has 5 heteroatoms. The van der Waals surface area contributed by atoms with E-state index in [9.17, 15) is 4.79 Å². The van der Waals surface area contributed by atoms with E-state index in [0.717, 1.165) is 22.3 Å². The van der Waals surface area contributed by atoms with E-state index in [4.69, 9.17) is 4.74 Å². The third-order valence-electron chi connectivity index (χ3n) is 2.87. The maximum atomic E-state index is 11.6. The zero-order valence-electron chi connectivity index (χ0n) is 10.7. The molecule has 1 aromatic heterocycles. The molecule has 0 saturated heterocycles. The Labute approximate surface area is 124 Å². The Kier molecular flexibility index (Phi) is 4.61. The molecule has 0 radical (unpaired) electrons. The molecule has 0 saturated carbocycles. The van der Waals surface area contributed by atoms with Gasteiger partial charge >= 0.3 is 5.97 Å². The van der Waals surface area contributed by atoms with Gasteiger partial charge in [0.05, 0.1) is 19.2 Å². The molecule has 1 aromatic carbocycles. The summed E-state index contributed by atoms with van der Waals surface area (Å²) in [6.45, 7) is 2.64. The number of hydrogen-bond donors (Lipinski definition) is 1. The first kappa shape index (κ1) is 14.1. The van der Waals surface area contributed by atoms with Crippen LogP contribution >= 0.6 is 27.3 Å². The van der Waals surface area contributed by atoms with Gasteiger partial charge in [-0.1, -0.05) is 6.07 Å². The number of carbonyl (C=O) groups is 1. The smallest absolute Gasteiger partial charge is 0.338 e. The minimum atomic E-state index is -0.307. The number of carbonyl (C=O) groups excluding carboxylic acids is 1. The van der Waals surface area contributed by atoms with E-state index in [1.165, 1.54) is 12.0 Å². The summed E-state index contributed by atoms with van der Waals surface area (Å²) in [5, 5.41) is 5.39. The highest BCUT2D eigenvalue weighted by Crippen LogP contribution is 2.25. The van der Waals surface area contributed by atoms with Crippen LogP contribution in [-0.2, 0) is 11.3 Å². The second-order valence-corrected chi connectivity index (χ2v) is 5.87. The first-order valence-corrected chi connectivity index (χ1v) is 7.44. The van der Waals surface area contributed by atoms with Crippen LogP contribution in [0.2, 0.25) is 0 Å². The fourth-order valence-corrected chi connectivity index (χ4v) is 3.22. The van der Waals surface area contributed by atoms with Gasteiger partial charge in [0.25, 0.3) is 0 Å². The van der Waals surface area contributed by atoms with E-state index in [2.05, 4.69) is 21.2 Å². The average Bonchev–Trinajstić information content (AvgIpc) is 2.82. The second kappa shape index (κ2) is 6.21. The monoisotopic (exact) mass is 339 g/mol. The molecule has 0 aliphatic carbocycles. The number of halogens is 1. The summed E-state index contributed by atoms with van der Waals surface area (Å²) < 4.78 is 5.87. The van der Waals surface area contributed by atoms with Crippen molar-refractivity contribution >= 4 is 38.9 Å². The first-order valence-electron chi connectivity index (χ1n) is 5.77. The molecule has 0 atom stereocenters. The topological polar surface area (TPSA) is 38.3 Å². The third-order valence-corrected chi connectivity index (χ3v) is 4.80. The lowest BCUT2D eigenvalue weighted by molar-refractivity contribution is 0.0600. The summed E-state index contributed by atoms with van der Waals surface area (Å²) in [5.74, 6) is -0.307. The summed E-state index contributed by atoms with van der Waals surface area (Å²) in [6.07, 6.45) is 0. The number of thiophene rings is 1. The Bertz CT molecular complexity index is 595. The molecule has 2 aromatic rings. The predicted octanol–water partition coefficient (Wildman–Crippen LogP) is 4.22. The molecular formula is C14H14BrNO2S. The van der Waals surface area contributed by atoms with Crippen LogP contribution in [0.4, 0.5) is 5.69 Å². The lowest BCUT2D eigenvalue weighted by Crippen LogP contribution is -2.07. The normalized spacial score (nSPS) is 10.3. The van der Waals surface area contributed by atoms with Crippen molar-refractivity contribution < 1.29 is 9.53 Å². The van der Waals surface area contributed by atoms with Crippen molar-refractivity contribution in [2.75, 3.05) is 12.4 Å². The highest BCUT2D eigenvalue weighted by atomic mass is 79.9. The Balaban J connectivity index is 2.17. The fraction of sp³-hybridized carbons (Fsp3) is 0.214. The number of rotatable bonds is 4. The molecule has 0 unspecified atom stereocenters. The van der Waals surface area contributed by atoms with Crippen LogP contribution in [0.15, 0.2) is 34.1 Å². The van der Waals surface area contributed by atoms with Gasteiger partial charge in [-0.2, -0.15) is 0 Å². The molecule has 0 spiro atoms. The number of anilines is 1. The quantitative estimate of drug-likeness (QED) is 0.847. The molecule has 0 bridgehead atoms. The van der Waals surface area contributed by atoms with Crippen molar-refractivity contribution in [1.82, 2.24) is 0 Å². The van der Waals surface area contributed by atoms with Gasteiger partial charge in [-0.3, -0.25) is 0 Å². The van der Waals surface area contributed by atoms with Crippen LogP contribution in [0, 0.1) is 6.92 Å². The molecule has 0 aliphatic rings. The van der Waals surface area contributed by atoms with Crippen molar-refractivity contribution in [1.29, 1.82) is 0 Å². The van der Waals surface area contributed by atoms with Gasteiger partial charge in [-0.25, -0.2) is 4.79 Å². The van der Waals surface area contributed by atoms with Crippen LogP contribution in [-0.4, -0.2) is 13.1 Å². The summed E-state index contributed by atoms with van der Waals surface area (Å²) in [5.41, 5.74) is 2.45. The Morgan fingerprint density at radius 1 is 1.42 bits per heavy atom. The van der Waals surface area contributed by atoms with E-state index < -0.39 is 0 Å². The van der Waals surface area contributed by atoms with E-state index in [0.29, 0.717) is 5.56 Å². The van der Waals surface area contributed by atoms with E-state index in [-0.39, 0.29) is 5.97 Å². The van der Waals surface area contributed by atoms with Crippen LogP contribution in [0.5, 0.6) is 0 Å². The third kappa shape index (κ3) is 3.16. The molecule has 2 rings (SSSR count). The number of methoxy groups -OCH3 is 1. The summed E-state index contributed by atoms with van der Waals surface area (Å²) in [7, 11) is 1.39. The van der Waals surface area contributed by atoms with Gasteiger partial charge in [0, 0.05) is 15.0 Å². The largest absolute Gasteiger partial charge is 0.465 e.